The molecule has 0 aromatic heterocycles. The molecule has 0 spiro atoms. The van der Waals surface area contributed by atoms with Crippen LogP contribution in [0.1, 0.15) is 31.2 Å². The fraction of sp³-hybridized carbons (Fsp3) is 0.333. The Labute approximate surface area is 108 Å². The summed E-state index contributed by atoms with van der Waals surface area (Å²) >= 11 is 6.33. The van der Waals surface area contributed by atoms with Crippen molar-refractivity contribution in [1.29, 1.82) is 0 Å². The van der Waals surface area contributed by atoms with Gasteiger partial charge in [0.2, 0.25) is 0 Å². The van der Waals surface area contributed by atoms with Crippen LogP contribution in [0.5, 0.6) is 5.75 Å². The normalized spacial score (nSPS) is 16.6. The average molecular weight is 249 g/mol. The molecule has 1 aliphatic carbocycles. The first-order valence-corrected chi connectivity index (χ1v) is 6.38. The Kier molecular flexibility index (Phi) is 4.27. The number of benzene rings is 1. The Morgan fingerprint density at radius 3 is 2.59 bits per heavy atom. The van der Waals surface area contributed by atoms with Crippen molar-refractivity contribution < 1.29 is 4.74 Å². The molecule has 17 heavy (non-hydrogen) atoms. The molecule has 2 rings (SSSR count). The summed E-state index contributed by atoms with van der Waals surface area (Å²) in [5, 5.41) is 0.870. The number of allylic oxidation sites excluding steroid dienone is 3. The van der Waals surface area contributed by atoms with Crippen molar-refractivity contribution in [1.82, 2.24) is 0 Å². The van der Waals surface area contributed by atoms with Gasteiger partial charge in [-0.05, 0) is 55.0 Å². The molecular formula is C15H17ClO. The molecule has 1 nitrogen and oxygen atoms in total. The van der Waals surface area contributed by atoms with Crippen molar-refractivity contribution >= 4 is 17.7 Å². The van der Waals surface area contributed by atoms with E-state index in [2.05, 4.69) is 6.08 Å². The highest BCUT2D eigenvalue weighted by atomic mass is 35.5. The Morgan fingerprint density at radius 1 is 1.24 bits per heavy atom. The van der Waals surface area contributed by atoms with Crippen molar-refractivity contribution in [3.8, 4) is 5.75 Å². The zero-order valence-electron chi connectivity index (χ0n) is 10.1. The van der Waals surface area contributed by atoms with Gasteiger partial charge in [0.25, 0.3) is 0 Å². The van der Waals surface area contributed by atoms with E-state index in [0.29, 0.717) is 0 Å². The van der Waals surface area contributed by atoms with Gasteiger partial charge in [0, 0.05) is 5.03 Å². The van der Waals surface area contributed by atoms with Crippen LogP contribution in [0.3, 0.4) is 0 Å². The molecular weight excluding hydrogens is 232 g/mol. The van der Waals surface area contributed by atoms with Gasteiger partial charge in [-0.2, -0.15) is 0 Å². The summed E-state index contributed by atoms with van der Waals surface area (Å²) in [7, 11) is 1.67. The summed E-state index contributed by atoms with van der Waals surface area (Å²) in [6.07, 6.45) is 9.08. The lowest BCUT2D eigenvalue weighted by atomic mass is 9.98. The summed E-state index contributed by atoms with van der Waals surface area (Å²) in [5.74, 6) is 0.871. The monoisotopic (exact) mass is 248 g/mol. The standard InChI is InChI=1S/C15H17ClO/c1-17-14-9-7-12(8-10-14)11-15(16)13-5-3-2-4-6-13/h5,7-11H,2-4,6H2,1H3/b15-11-. The van der Waals surface area contributed by atoms with Gasteiger partial charge in [-0.1, -0.05) is 29.8 Å². The SMILES string of the molecule is COc1ccc(/C=C(\Cl)C2=CCCCC2)cc1. The molecule has 1 aromatic carbocycles. The zero-order chi connectivity index (χ0) is 12.1. The molecule has 0 saturated carbocycles. The predicted molar refractivity (Wildman–Crippen MR) is 73.4 cm³/mol. The van der Waals surface area contributed by atoms with Crippen LogP contribution >= 0.6 is 11.6 Å². The summed E-state index contributed by atoms with van der Waals surface area (Å²) in [6, 6.07) is 7.94. The zero-order valence-corrected chi connectivity index (χ0v) is 10.8. The fourth-order valence-corrected chi connectivity index (χ4v) is 2.29. The molecule has 0 amide bonds. The maximum Gasteiger partial charge on any atom is 0.118 e. The van der Waals surface area contributed by atoms with Gasteiger partial charge in [-0.25, -0.2) is 0 Å². The lowest BCUT2D eigenvalue weighted by Crippen LogP contribution is -1.91. The van der Waals surface area contributed by atoms with E-state index in [1.165, 1.54) is 18.4 Å². The van der Waals surface area contributed by atoms with Crippen molar-refractivity contribution in [2.24, 2.45) is 0 Å². The summed E-state index contributed by atoms with van der Waals surface area (Å²) in [5.41, 5.74) is 2.40. The van der Waals surface area contributed by atoms with E-state index in [9.17, 15) is 0 Å². The molecule has 0 radical (unpaired) electrons. The average Bonchev–Trinajstić information content (AvgIpc) is 2.40. The molecule has 0 heterocycles. The second-order valence-corrected chi connectivity index (χ2v) is 4.65. The van der Waals surface area contributed by atoms with Gasteiger partial charge in [0.1, 0.15) is 5.75 Å². The summed E-state index contributed by atoms with van der Waals surface area (Å²) in [6.45, 7) is 0. The summed E-state index contributed by atoms with van der Waals surface area (Å²) in [4.78, 5) is 0. The smallest absolute Gasteiger partial charge is 0.118 e. The van der Waals surface area contributed by atoms with Gasteiger partial charge in [0.05, 0.1) is 7.11 Å². The van der Waals surface area contributed by atoms with Crippen molar-refractivity contribution in [2.75, 3.05) is 7.11 Å². The topological polar surface area (TPSA) is 9.23 Å². The Balaban J connectivity index is 2.14. The lowest BCUT2D eigenvalue weighted by Gasteiger charge is -2.11. The molecule has 0 atom stereocenters. The third-order valence-corrected chi connectivity index (χ3v) is 3.36. The van der Waals surface area contributed by atoms with Crippen LogP contribution in [-0.4, -0.2) is 7.11 Å². The van der Waals surface area contributed by atoms with E-state index >= 15 is 0 Å². The minimum atomic E-state index is 0.870. The van der Waals surface area contributed by atoms with E-state index in [1.807, 2.05) is 30.3 Å². The van der Waals surface area contributed by atoms with Crippen LogP contribution in [0.25, 0.3) is 6.08 Å². The molecule has 2 heteroatoms. The second kappa shape index (κ2) is 5.92. The highest BCUT2D eigenvalue weighted by Crippen LogP contribution is 2.28. The third-order valence-electron chi connectivity index (χ3n) is 3.01. The molecule has 90 valence electrons. The first-order chi connectivity index (χ1) is 8.29. The Morgan fingerprint density at radius 2 is 2.00 bits per heavy atom. The maximum absolute atomic E-state index is 6.33. The lowest BCUT2D eigenvalue weighted by molar-refractivity contribution is 0.415. The molecule has 0 saturated heterocycles. The van der Waals surface area contributed by atoms with E-state index in [1.54, 1.807) is 7.11 Å². The van der Waals surface area contributed by atoms with Crippen molar-refractivity contribution in [3.63, 3.8) is 0 Å². The van der Waals surface area contributed by atoms with Crippen molar-refractivity contribution in [2.45, 2.75) is 25.7 Å². The van der Waals surface area contributed by atoms with Gasteiger partial charge in [-0.15, -0.1) is 0 Å². The van der Waals surface area contributed by atoms with Gasteiger partial charge in [-0.3, -0.25) is 0 Å². The molecule has 0 aliphatic heterocycles. The third kappa shape index (κ3) is 3.37. The Bertz CT molecular complexity index is 429. The minimum absolute atomic E-state index is 0.870. The van der Waals surface area contributed by atoms with Crippen LogP contribution in [0, 0.1) is 0 Å². The first-order valence-electron chi connectivity index (χ1n) is 6.00. The summed E-state index contributed by atoms with van der Waals surface area (Å²) < 4.78 is 5.13. The second-order valence-electron chi connectivity index (χ2n) is 4.24. The van der Waals surface area contributed by atoms with Crippen LogP contribution < -0.4 is 4.74 Å². The van der Waals surface area contributed by atoms with Crippen LogP contribution in [0.15, 0.2) is 40.9 Å². The number of hydrogen-bond acceptors (Lipinski definition) is 1. The highest BCUT2D eigenvalue weighted by molar-refractivity contribution is 6.34. The number of ether oxygens (including phenoxy) is 1. The number of methoxy groups -OCH3 is 1. The molecule has 0 bridgehead atoms. The molecule has 1 aliphatic rings. The minimum Gasteiger partial charge on any atom is -0.497 e. The fourth-order valence-electron chi connectivity index (χ4n) is 1.99. The number of halogens is 1. The van der Waals surface area contributed by atoms with Crippen LogP contribution in [-0.2, 0) is 0 Å². The van der Waals surface area contributed by atoms with Gasteiger partial charge < -0.3 is 4.74 Å². The molecule has 0 N–H and O–H groups in total. The van der Waals surface area contributed by atoms with E-state index in [0.717, 1.165) is 29.2 Å². The van der Waals surface area contributed by atoms with Crippen LogP contribution in [0.2, 0.25) is 0 Å². The first kappa shape index (κ1) is 12.3. The largest absolute Gasteiger partial charge is 0.497 e. The molecule has 0 fully saturated rings. The quantitative estimate of drug-likeness (QED) is 0.748. The van der Waals surface area contributed by atoms with Gasteiger partial charge >= 0.3 is 0 Å². The molecule has 0 unspecified atom stereocenters. The van der Waals surface area contributed by atoms with Crippen LogP contribution in [0.4, 0.5) is 0 Å². The maximum atomic E-state index is 6.33. The van der Waals surface area contributed by atoms with E-state index < -0.39 is 0 Å². The van der Waals surface area contributed by atoms with E-state index in [-0.39, 0.29) is 0 Å². The number of rotatable bonds is 3. The molecule has 1 aromatic rings. The van der Waals surface area contributed by atoms with Gasteiger partial charge in [0.15, 0.2) is 0 Å². The predicted octanol–water partition coefficient (Wildman–Crippen LogP) is 4.78. The van der Waals surface area contributed by atoms with Crippen molar-refractivity contribution in [3.05, 3.63) is 46.5 Å². The number of hydrogen-bond donors (Lipinski definition) is 0. The Hall–Kier alpha value is -1.21. The highest BCUT2D eigenvalue weighted by Gasteiger charge is 2.06. The van der Waals surface area contributed by atoms with E-state index in [4.69, 9.17) is 16.3 Å².